The highest BCUT2D eigenvalue weighted by Gasteiger charge is 2.26. The molecule has 0 atom stereocenters. The van der Waals surface area contributed by atoms with Gasteiger partial charge in [0.2, 0.25) is 0 Å². The molecule has 142 valence electrons. The summed E-state index contributed by atoms with van der Waals surface area (Å²) in [5.74, 6) is 0.878. The number of benzene rings is 2. The molecule has 4 nitrogen and oxygen atoms in total. The molecule has 4 heteroatoms. The quantitative estimate of drug-likeness (QED) is 0.646. The number of amides is 1. The molecule has 4 rings (SSSR count). The highest BCUT2D eigenvalue weighted by Crippen LogP contribution is 2.25. The van der Waals surface area contributed by atoms with E-state index in [9.17, 15) is 4.79 Å². The van der Waals surface area contributed by atoms with Crippen LogP contribution in [-0.2, 0) is 25.9 Å². The van der Waals surface area contributed by atoms with Crippen LogP contribution in [0.5, 0.6) is 0 Å². The zero-order valence-corrected chi connectivity index (χ0v) is 16.5. The van der Waals surface area contributed by atoms with Gasteiger partial charge in [0, 0.05) is 30.3 Å². The molecule has 3 aromatic rings. The molecule has 0 saturated heterocycles. The van der Waals surface area contributed by atoms with Gasteiger partial charge in [0.1, 0.15) is 5.82 Å². The summed E-state index contributed by atoms with van der Waals surface area (Å²) in [6.07, 6.45) is 4.93. The Kier molecular flexibility index (Phi) is 5.20. The largest absolute Gasteiger partial charge is 0.328 e. The molecule has 0 saturated carbocycles. The summed E-state index contributed by atoms with van der Waals surface area (Å²) in [7, 11) is 0. The van der Waals surface area contributed by atoms with Crippen molar-refractivity contribution in [3.63, 3.8) is 0 Å². The van der Waals surface area contributed by atoms with Crippen LogP contribution in [0.4, 0.5) is 0 Å². The van der Waals surface area contributed by atoms with Gasteiger partial charge in [-0.25, -0.2) is 9.97 Å². The minimum atomic E-state index is 0.0425. The predicted octanol–water partition coefficient (Wildman–Crippen LogP) is 4.81. The lowest BCUT2D eigenvalue weighted by Crippen LogP contribution is -2.25. The second-order valence-electron chi connectivity index (χ2n) is 7.30. The summed E-state index contributed by atoms with van der Waals surface area (Å²) in [6.45, 7) is 5.37. The van der Waals surface area contributed by atoms with Gasteiger partial charge in [-0.1, -0.05) is 56.7 Å². The summed E-state index contributed by atoms with van der Waals surface area (Å²) in [4.78, 5) is 23.7. The number of aromatic nitrogens is 2. The fourth-order valence-corrected chi connectivity index (χ4v) is 3.65. The van der Waals surface area contributed by atoms with E-state index in [0.29, 0.717) is 18.7 Å². The number of nitrogens with zero attached hydrogens (tertiary/aromatic N) is 3. The molecule has 0 fully saturated rings. The summed E-state index contributed by atoms with van der Waals surface area (Å²) in [5.41, 5.74) is 6.40. The molecular formula is C24H25N3O. The SMILES string of the molecule is CCCc1ccc(-c2ccc(C(=O)N3Cc4cnc(CC)nc4C3)cc2)cc1. The Morgan fingerprint density at radius 2 is 1.64 bits per heavy atom. The van der Waals surface area contributed by atoms with Crippen molar-refractivity contribution in [2.45, 2.75) is 46.2 Å². The van der Waals surface area contributed by atoms with Gasteiger partial charge in [0.15, 0.2) is 0 Å². The molecule has 1 aliphatic heterocycles. The van der Waals surface area contributed by atoms with Crippen molar-refractivity contribution in [2.75, 3.05) is 0 Å². The second kappa shape index (κ2) is 7.93. The molecule has 2 aromatic carbocycles. The predicted molar refractivity (Wildman–Crippen MR) is 111 cm³/mol. The van der Waals surface area contributed by atoms with Crippen molar-refractivity contribution >= 4 is 5.91 Å². The van der Waals surface area contributed by atoms with Crippen LogP contribution in [0.3, 0.4) is 0 Å². The third-order valence-corrected chi connectivity index (χ3v) is 5.27. The van der Waals surface area contributed by atoms with E-state index in [-0.39, 0.29) is 5.91 Å². The van der Waals surface area contributed by atoms with Crippen molar-refractivity contribution < 1.29 is 4.79 Å². The van der Waals surface area contributed by atoms with Crippen LogP contribution in [0.2, 0.25) is 0 Å². The molecule has 1 aliphatic rings. The molecule has 2 heterocycles. The van der Waals surface area contributed by atoms with E-state index in [1.165, 1.54) is 11.1 Å². The van der Waals surface area contributed by atoms with Crippen LogP contribution >= 0.6 is 0 Å². The Labute approximate surface area is 166 Å². The number of hydrogen-bond donors (Lipinski definition) is 0. The van der Waals surface area contributed by atoms with Crippen LogP contribution in [0.25, 0.3) is 11.1 Å². The average molecular weight is 371 g/mol. The summed E-state index contributed by atoms with van der Waals surface area (Å²) in [6, 6.07) is 16.6. The van der Waals surface area contributed by atoms with E-state index < -0.39 is 0 Å². The van der Waals surface area contributed by atoms with Gasteiger partial charge in [-0.3, -0.25) is 4.79 Å². The minimum absolute atomic E-state index is 0.0425. The molecule has 0 spiro atoms. The Hall–Kier alpha value is -3.01. The Balaban J connectivity index is 1.47. The van der Waals surface area contributed by atoms with Crippen LogP contribution in [0.1, 0.15) is 53.3 Å². The summed E-state index contributed by atoms with van der Waals surface area (Å²) < 4.78 is 0. The molecule has 28 heavy (non-hydrogen) atoms. The molecule has 1 aromatic heterocycles. The zero-order chi connectivity index (χ0) is 19.5. The maximum Gasteiger partial charge on any atom is 0.254 e. The van der Waals surface area contributed by atoms with Gasteiger partial charge in [-0.15, -0.1) is 0 Å². The summed E-state index contributed by atoms with van der Waals surface area (Å²) >= 11 is 0. The second-order valence-corrected chi connectivity index (χ2v) is 7.30. The smallest absolute Gasteiger partial charge is 0.254 e. The van der Waals surface area contributed by atoms with E-state index in [4.69, 9.17) is 0 Å². The van der Waals surface area contributed by atoms with E-state index in [0.717, 1.165) is 41.9 Å². The van der Waals surface area contributed by atoms with E-state index >= 15 is 0 Å². The van der Waals surface area contributed by atoms with Gasteiger partial charge in [0.05, 0.1) is 12.2 Å². The molecule has 0 N–H and O–H groups in total. The topological polar surface area (TPSA) is 46.1 Å². The van der Waals surface area contributed by atoms with Gasteiger partial charge in [-0.05, 0) is 35.2 Å². The van der Waals surface area contributed by atoms with E-state index in [2.05, 4.69) is 41.2 Å². The number of carbonyl (C=O) groups is 1. The van der Waals surface area contributed by atoms with Gasteiger partial charge < -0.3 is 4.90 Å². The van der Waals surface area contributed by atoms with Crippen LogP contribution in [0, 0.1) is 0 Å². The molecule has 0 aliphatic carbocycles. The average Bonchev–Trinajstić information content (AvgIpc) is 3.17. The third-order valence-electron chi connectivity index (χ3n) is 5.27. The number of hydrogen-bond acceptors (Lipinski definition) is 3. The highest BCUT2D eigenvalue weighted by atomic mass is 16.2. The fraction of sp³-hybridized carbons (Fsp3) is 0.292. The fourth-order valence-electron chi connectivity index (χ4n) is 3.65. The van der Waals surface area contributed by atoms with Crippen molar-refractivity contribution in [2.24, 2.45) is 0 Å². The van der Waals surface area contributed by atoms with Gasteiger partial charge in [0.25, 0.3) is 5.91 Å². The Bertz CT molecular complexity index is 978. The monoisotopic (exact) mass is 371 g/mol. The maximum atomic E-state index is 12.9. The lowest BCUT2D eigenvalue weighted by molar-refractivity contribution is 0.0750. The normalized spacial score (nSPS) is 12.9. The number of rotatable bonds is 5. The first kappa shape index (κ1) is 18.4. The molecule has 0 bridgehead atoms. The van der Waals surface area contributed by atoms with Crippen molar-refractivity contribution in [3.8, 4) is 11.1 Å². The molecular weight excluding hydrogens is 346 g/mol. The van der Waals surface area contributed by atoms with Crippen LogP contribution in [-0.4, -0.2) is 20.8 Å². The number of carbonyl (C=O) groups excluding carboxylic acids is 1. The Morgan fingerprint density at radius 3 is 2.29 bits per heavy atom. The van der Waals surface area contributed by atoms with E-state index in [1.54, 1.807) is 0 Å². The highest BCUT2D eigenvalue weighted by molar-refractivity contribution is 5.95. The lowest BCUT2D eigenvalue weighted by Gasteiger charge is -2.15. The van der Waals surface area contributed by atoms with E-state index in [1.807, 2.05) is 42.3 Å². The third kappa shape index (κ3) is 3.68. The van der Waals surface area contributed by atoms with Gasteiger partial charge in [-0.2, -0.15) is 0 Å². The lowest BCUT2D eigenvalue weighted by atomic mass is 10.0. The van der Waals surface area contributed by atoms with Crippen LogP contribution in [0.15, 0.2) is 54.7 Å². The first-order valence-corrected chi connectivity index (χ1v) is 10.00. The number of fused-ring (bicyclic) bond motifs is 1. The standard InChI is InChI=1S/C24H25N3O/c1-3-5-17-6-8-18(9-7-17)19-10-12-20(13-11-19)24(28)27-15-21-14-25-23(4-2)26-22(21)16-27/h6-14H,3-5,15-16H2,1-2H3. The summed E-state index contributed by atoms with van der Waals surface area (Å²) in [5, 5.41) is 0. The first-order chi connectivity index (χ1) is 13.7. The van der Waals surface area contributed by atoms with Crippen molar-refractivity contribution in [1.29, 1.82) is 0 Å². The number of aryl methyl sites for hydroxylation is 2. The van der Waals surface area contributed by atoms with Gasteiger partial charge >= 0.3 is 0 Å². The Morgan fingerprint density at radius 1 is 0.964 bits per heavy atom. The zero-order valence-electron chi connectivity index (χ0n) is 16.5. The molecule has 0 unspecified atom stereocenters. The van der Waals surface area contributed by atoms with Crippen LogP contribution < -0.4 is 0 Å². The molecule has 1 amide bonds. The van der Waals surface area contributed by atoms with Crippen molar-refractivity contribution in [1.82, 2.24) is 14.9 Å². The minimum Gasteiger partial charge on any atom is -0.328 e. The maximum absolute atomic E-state index is 12.9. The first-order valence-electron chi connectivity index (χ1n) is 10.00. The molecule has 0 radical (unpaired) electrons. The van der Waals surface area contributed by atoms with Crippen molar-refractivity contribution in [3.05, 3.63) is 82.9 Å².